The summed E-state index contributed by atoms with van der Waals surface area (Å²) in [5.41, 5.74) is 2.26. The van der Waals surface area contributed by atoms with Gasteiger partial charge in [0.05, 0.1) is 6.54 Å². The molecule has 1 amide bonds. The number of carbonyl (C=O) groups is 1. The molecule has 3 nitrogen and oxygen atoms in total. The summed E-state index contributed by atoms with van der Waals surface area (Å²) in [6.45, 7) is 9.22. The highest BCUT2D eigenvalue weighted by molar-refractivity contribution is 5.78. The van der Waals surface area contributed by atoms with Gasteiger partial charge in [-0.15, -0.1) is 0 Å². The van der Waals surface area contributed by atoms with Gasteiger partial charge in [0.1, 0.15) is 12.4 Å². The second-order valence-electron chi connectivity index (χ2n) is 4.87. The summed E-state index contributed by atoms with van der Waals surface area (Å²) in [7, 11) is 0. The van der Waals surface area contributed by atoms with E-state index in [1.165, 1.54) is 0 Å². The molecule has 1 rings (SSSR count). The molecule has 106 valence electrons. The molecule has 0 saturated heterocycles. The maximum absolute atomic E-state index is 11.8. The molecule has 19 heavy (non-hydrogen) atoms. The number of nitrogens with one attached hydrogen (secondary N) is 1. The van der Waals surface area contributed by atoms with Crippen molar-refractivity contribution in [3.8, 4) is 5.75 Å². The van der Waals surface area contributed by atoms with E-state index in [0.29, 0.717) is 13.2 Å². The minimum absolute atomic E-state index is 0.125. The fraction of sp³-hybridized carbons (Fsp3) is 0.562. The Morgan fingerprint density at radius 2 is 1.79 bits per heavy atom. The molecule has 0 radical (unpaired) electrons. The van der Waals surface area contributed by atoms with Crippen LogP contribution in [-0.4, -0.2) is 19.1 Å². The molecule has 1 aromatic carbocycles. The van der Waals surface area contributed by atoms with Crippen LogP contribution in [0.4, 0.5) is 0 Å². The average Bonchev–Trinajstić information content (AvgIpc) is 2.38. The monoisotopic (exact) mass is 263 g/mol. The van der Waals surface area contributed by atoms with Gasteiger partial charge in [-0.2, -0.15) is 0 Å². The van der Waals surface area contributed by atoms with Crippen molar-refractivity contribution in [2.24, 2.45) is 5.92 Å². The molecule has 0 unspecified atom stereocenters. The summed E-state index contributed by atoms with van der Waals surface area (Å²) in [5, 5.41) is 2.93. The van der Waals surface area contributed by atoms with Gasteiger partial charge in [-0.05, 0) is 37.8 Å². The van der Waals surface area contributed by atoms with Gasteiger partial charge in [0.15, 0.2) is 0 Å². The highest BCUT2D eigenvalue weighted by atomic mass is 16.5. The first-order chi connectivity index (χ1) is 9.10. The maximum Gasteiger partial charge on any atom is 0.223 e. The molecule has 1 N–H and O–H groups in total. The largest absolute Gasteiger partial charge is 0.491 e. The Labute approximate surface area is 116 Å². The third-order valence-electron chi connectivity index (χ3n) is 3.41. The predicted octanol–water partition coefficient (Wildman–Crippen LogP) is 3.23. The van der Waals surface area contributed by atoms with Crippen molar-refractivity contribution in [3.05, 3.63) is 29.3 Å². The molecular weight excluding hydrogens is 238 g/mol. The van der Waals surface area contributed by atoms with Gasteiger partial charge in [0, 0.05) is 5.92 Å². The van der Waals surface area contributed by atoms with E-state index >= 15 is 0 Å². The van der Waals surface area contributed by atoms with Crippen molar-refractivity contribution >= 4 is 5.91 Å². The van der Waals surface area contributed by atoms with Crippen LogP contribution in [0.15, 0.2) is 18.2 Å². The van der Waals surface area contributed by atoms with Crippen LogP contribution in [0.1, 0.15) is 37.8 Å². The first kappa shape index (κ1) is 15.5. The number of carbonyl (C=O) groups excluding carboxylic acids is 1. The van der Waals surface area contributed by atoms with Gasteiger partial charge in [0.2, 0.25) is 5.91 Å². The fourth-order valence-corrected chi connectivity index (χ4v) is 2.16. The predicted molar refractivity (Wildman–Crippen MR) is 78.5 cm³/mol. The fourth-order valence-electron chi connectivity index (χ4n) is 2.16. The number of hydrogen-bond acceptors (Lipinski definition) is 2. The lowest BCUT2D eigenvalue weighted by molar-refractivity contribution is -0.125. The Hall–Kier alpha value is -1.51. The zero-order valence-corrected chi connectivity index (χ0v) is 12.5. The van der Waals surface area contributed by atoms with Gasteiger partial charge < -0.3 is 10.1 Å². The molecule has 0 heterocycles. The lowest BCUT2D eigenvalue weighted by Crippen LogP contribution is -2.33. The number of rotatable bonds is 7. The van der Waals surface area contributed by atoms with Gasteiger partial charge in [0.25, 0.3) is 0 Å². The summed E-state index contributed by atoms with van der Waals surface area (Å²) >= 11 is 0. The third kappa shape index (κ3) is 4.58. The molecule has 0 aromatic heterocycles. The first-order valence-electron chi connectivity index (χ1n) is 7.06. The standard InChI is InChI=1S/C16H25NO2/c1-5-14(6-2)16(18)17-10-11-19-15-12(3)8-7-9-13(15)4/h7-9,14H,5-6,10-11H2,1-4H3,(H,17,18). The average molecular weight is 263 g/mol. The second-order valence-corrected chi connectivity index (χ2v) is 4.87. The minimum atomic E-state index is 0.125. The van der Waals surface area contributed by atoms with Gasteiger partial charge in [-0.25, -0.2) is 0 Å². The number of benzene rings is 1. The van der Waals surface area contributed by atoms with E-state index in [-0.39, 0.29) is 11.8 Å². The summed E-state index contributed by atoms with van der Waals surface area (Å²) < 4.78 is 5.75. The van der Waals surface area contributed by atoms with E-state index < -0.39 is 0 Å². The topological polar surface area (TPSA) is 38.3 Å². The number of amides is 1. The lowest BCUT2D eigenvalue weighted by Gasteiger charge is -2.14. The quantitative estimate of drug-likeness (QED) is 0.767. The third-order valence-corrected chi connectivity index (χ3v) is 3.41. The van der Waals surface area contributed by atoms with Crippen LogP contribution >= 0.6 is 0 Å². The number of ether oxygens (including phenoxy) is 1. The van der Waals surface area contributed by atoms with E-state index in [1.54, 1.807) is 0 Å². The second kappa shape index (κ2) is 7.82. The SMILES string of the molecule is CCC(CC)C(=O)NCCOc1c(C)cccc1C. The molecule has 0 saturated carbocycles. The molecular formula is C16H25NO2. The van der Waals surface area contributed by atoms with Crippen LogP contribution in [0.2, 0.25) is 0 Å². The summed E-state index contributed by atoms with van der Waals surface area (Å²) in [6, 6.07) is 6.09. The van der Waals surface area contributed by atoms with Crippen molar-refractivity contribution in [1.82, 2.24) is 5.32 Å². The van der Waals surface area contributed by atoms with Crippen LogP contribution in [-0.2, 0) is 4.79 Å². The van der Waals surface area contributed by atoms with Crippen LogP contribution in [0.25, 0.3) is 0 Å². The van der Waals surface area contributed by atoms with Crippen molar-refractivity contribution in [1.29, 1.82) is 0 Å². The number of para-hydroxylation sites is 1. The smallest absolute Gasteiger partial charge is 0.223 e. The highest BCUT2D eigenvalue weighted by Gasteiger charge is 2.13. The molecule has 0 aliphatic carbocycles. The Morgan fingerprint density at radius 1 is 1.21 bits per heavy atom. The Balaban J connectivity index is 2.37. The lowest BCUT2D eigenvalue weighted by atomic mass is 10.0. The van der Waals surface area contributed by atoms with Crippen molar-refractivity contribution in [2.75, 3.05) is 13.2 Å². The van der Waals surface area contributed by atoms with E-state index in [4.69, 9.17) is 4.74 Å². The molecule has 0 fully saturated rings. The van der Waals surface area contributed by atoms with Crippen LogP contribution in [0, 0.1) is 19.8 Å². The molecule has 1 aromatic rings. The molecule has 3 heteroatoms. The summed E-state index contributed by atoms with van der Waals surface area (Å²) in [5.74, 6) is 1.19. The van der Waals surface area contributed by atoms with Crippen molar-refractivity contribution in [2.45, 2.75) is 40.5 Å². The van der Waals surface area contributed by atoms with Crippen LogP contribution in [0.5, 0.6) is 5.75 Å². The Bertz CT molecular complexity index is 391. The van der Waals surface area contributed by atoms with Crippen LogP contribution < -0.4 is 10.1 Å². The molecule has 0 aliphatic rings. The van der Waals surface area contributed by atoms with Crippen molar-refractivity contribution < 1.29 is 9.53 Å². The summed E-state index contributed by atoms with van der Waals surface area (Å²) in [4.78, 5) is 11.8. The van der Waals surface area contributed by atoms with E-state index in [1.807, 2.05) is 45.9 Å². The van der Waals surface area contributed by atoms with E-state index in [0.717, 1.165) is 29.7 Å². The number of aryl methyl sites for hydroxylation is 2. The van der Waals surface area contributed by atoms with Crippen LogP contribution in [0.3, 0.4) is 0 Å². The minimum Gasteiger partial charge on any atom is -0.491 e. The van der Waals surface area contributed by atoms with Crippen molar-refractivity contribution in [3.63, 3.8) is 0 Å². The zero-order chi connectivity index (χ0) is 14.3. The maximum atomic E-state index is 11.8. The van der Waals surface area contributed by atoms with E-state index in [9.17, 15) is 4.79 Å². The molecule has 0 bridgehead atoms. The highest BCUT2D eigenvalue weighted by Crippen LogP contribution is 2.21. The summed E-state index contributed by atoms with van der Waals surface area (Å²) in [6.07, 6.45) is 1.78. The van der Waals surface area contributed by atoms with E-state index in [2.05, 4.69) is 5.32 Å². The Kier molecular flexibility index (Phi) is 6.40. The normalized spacial score (nSPS) is 10.6. The molecule has 0 atom stereocenters. The molecule has 0 aliphatic heterocycles. The zero-order valence-electron chi connectivity index (χ0n) is 12.5. The Morgan fingerprint density at radius 3 is 2.32 bits per heavy atom. The van der Waals surface area contributed by atoms with Gasteiger partial charge >= 0.3 is 0 Å². The number of hydrogen-bond donors (Lipinski definition) is 1. The first-order valence-corrected chi connectivity index (χ1v) is 7.06. The molecule has 0 spiro atoms. The van der Waals surface area contributed by atoms with Gasteiger partial charge in [-0.1, -0.05) is 32.0 Å². The van der Waals surface area contributed by atoms with Gasteiger partial charge in [-0.3, -0.25) is 4.79 Å².